The Morgan fingerprint density at radius 2 is 1.94 bits per heavy atom. The largest absolute Gasteiger partial charge is 0.341 e. The van der Waals surface area contributed by atoms with Crippen LogP contribution < -0.4 is 5.73 Å². The van der Waals surface area contributed by atoms with Crippen LogP contribution in [0.25, 0.3) is 0 Å². The predicted octanol–water partition coefficient (Wildman–Crippen LogP) is 1.62. The van der Waals surface area contributed by atoms with Crippen molar-refractivity contribution in [1.82, 2.24) is 4.90 Å². The number of nitrogens with two attached hydrogens (primary N) is 1. The molecule has 16 heavy (non-hydrogen) atoms. The smallest absolute Gasteiger partial charge is 0.251 e. The maximum Gasteiger partial charge on any atom is 0.251 e. The summed E-state index contributed by atoms with van der Waals surface area (Å²) in [5, 5.41) is 0. The van der Waals surface area contributed by atoms with Crippen LogP contribution in [0.15, 0.2) is 0 Å². The highest BCUT2D eigenvalue weighted by Crippen LogP contribution is 2.28. The van der Waals surface area contributed by atoms with Gasteiger partial charge in [-0.15, -0.1) is 0 Å². The van der Waals surface area contributed by atoms with Gasteiger partial charge >= 0.3 is 0 Å². The quantitative estimate of drug-likeness (QED) is 0.806. The summed E-state index contributed by atoms with van der Waals surface area (Å²) in [7, 11) is 0. The third-order valence-electron chi connectivity index (χ3n) is 3.35. The van der Waals surface area contributed by atoms with E-state index in [0.717, 1.165) is 6.42 Å². The fourth-order valence-electron chi connectivity index (χ4n) is 1.76. The van der Waals surface area contributed by atoms with Crippen molar-refractivity contribution in [2.24, 2.45) is 11.7 Å². The lowest BCUT2D eigenvalue weighted by molar-refractivity contribution is -0.139. The Bertz CT molecular complexity index is 248. The summed E-state index contributed by atoms with van der Waals surface area (Å²) in [4.78, 5) is 13.3. The minimum Gasteiger partial charge on any atom is -0.341 e. The van der Waals surface area contributed by atoms with Crippen molar-refractivity contribution in [3.8, 4) is 0 Å². The molecule has 0 saturated carbocycles. The Labute approximate surface area is 95.0 Å². The van der Waals surface area contributed by atoms with Gasteiger partial charge in [0.15, 0.2) is 0 Å². The summed E-state index contributed by atoms with van der Waals surface area (Å²) < 4.78 is 25.8. The summed E-state index contributed by atoms with van der Waals surface area (Å²) in [6.07, 6.45) is 0.328. The summed E-state index contributed by atoms with van der Waals surface area (Å²) >= 11 is 0. The van der Waals surface area contributed by atoms with Gasteiger partial charge in [-0.05, 0) is 5.92 Å². The Kier molecular flexibility index (Phi) is 4.24. The van der Waals surface area contributed by atoms with Crippen LogP contribution in [-0.2, 0) is 4.79 Å². The maximum atomic E-state index is 12.9. The van der Waals surface area contributed by atoms with Gasteiger partial charge in [0.2, 0.25) is 5.91 Å². The lowest BCUT2D eigenvalue weighted by Gasteiger charge is -2.34. The van der Waals surface area contributed by atoms with E-state index in [0.29, 0.717) is 0 Å². The van der Waals surface area contributed by atoms with Crippen LogP contribution in [0.5, 0.6) is 0 Å². The molecule has 1 aliphatic rings. The minimum atomic E-state index is -2.61. The van der Waals surface area contributed by atoms with Gasteiger partial charge in [0.1, 0.15) is 0 Å². The van der Waals surface area contributed by atoms with Gasteiger partial charge in [0, 0.05) is 25.9 Å². The van der Waals surface area contributed by atoms with E-state index in [1.54, 1.807) is 0 Å². The zero-order chi connectivity index (χ0) is 12.3. The number of likely N-dealkylation sites (tertiary alicyclic amines) is 1. The molecule has 0 aromatic rings. The fourth-order valence-corrected chi connectivity index (χ4v) is 1.76. The molecule has 1 rings (SSSR count). The fraction of sp³-hybridized carbons (Fsp3) is 0.909. The standard InChI is InChI=1S/C11H20F2N2O/c1-3-8(2)9(14)10(16)15-6-4-11(12,13)5-7-15/h8-9H,3-7,14H2,1-2H3. The molecular formula is C11H20F2N2O. The second kappa shape index (κ2) is 5.08. The molecule has 1 fully saturated rings. The number of halogens is 2. The Morgan fingerprint density at radius 1 is 1.44 bits per heavy atom. The lowest BCUT2D eigenvalue weighted by Crippen LogP contribution is -2.51. The topological polar surface area (TPSA) is 46.3 Å². The Morgan fingerprint density at radius 3 is 2.38 bits per heavy atom. The average molecular weight is 234 g/mol. The van der Waals surface area contributed by atoms with Gasteiger partial charge in [-0.1, -0.05) is 20.3 Å². The summed E-state index contributed by atoms with van der Waals surface area (Å²) in [6, 6.07) is -0.559. The number of hydrogen-bond acceptors (Lipinski definition) is 2. The molecule has 2 unspecified atom stereocenters. The number of carbonyl (C=O) groups is 1. The number of rotatable bonds is 3. The van der Waals surface area contributed by atoms with E-state index < -0.39 is 12.0 Å². The molecule has 94 valence electrons. The van der Waals surface area contributed by atoms with Crippen molar-refractivity contribution in [2.45, 2.75) is 45.1 Å². The van der Waals surface area contributed by atoms with E-state index in [1.165, 1.54) is 4.90 Å². The number of carbonyl (C=O) groups excluding carboxylic acids is 1. The molecule has 1 aliphatic heterocycles. The molecule has 1 saturated heterocycles. The molecule has 0 aliphatic carbocycles. The van der Waals surface area contributed by atoms with Gasteiger partial charge in [-0.25, -0.2) is 8.78 Å². The van der Waals surface area contributed by atoms with Crippen LogP contribution in [0.3, 0.4) is 0 Å². The number of alkyl halides is 2. The molecule has 3 nitrogen and oxygen atoms in total. The first-order valence-electron chi connectivity index (χ1n) is 5.79. The molecule has 2 N–H and O–H groups in total. The van der Waals surface area contributed by atoms with Crippen molar-refractivity contribution >= 4 is 5.91 Å². The van der Waals surface area contributed by atoms with Gasteiger partial charge in [-0.3, -0.25) is 4.79 Å². The minimum absolute atomic E-state index is 0.0925. The molecule has 1 heterocycles. The van der Waals surface area contributed by atoms with Gasteiger partial charge in [0.05, 0.1) is 6.04 Å². The van der Waals surface area contributed by atoms with E-state index in [1.807, 2.05) is 13.8 Å². The highest BCUT2D eigenvalue weighted by molar-refractivity contribution is 5.82. The number of hydrogen-bond donors (Lipinski definition) is 1. The van der Waals surface area contributed by atoms with Crippen LogP contribution in [0.4, 0.5) is 8.78 Å². The van der Waals surface area contributed by atoms with E-state index in [-0.39, 0.29) is 37.8 Å². The van der Waals surface area contributed by atoms with Crippen LogP contribution in [0, 0.1) is 5.92 Å². The molecule has 1 amide bonds. The second-order valence-electron chi connectivity index (χ2n) is 4.59. The van der Waals surface area contributed by atoms with Crippen LogP contribution in [0.2, 0.25) is 0 Å². The highest BCUT2D eigenvalue weighted by Gasteiger charge is 2.37. The third kappa shape index (κ3) is 3.14. The first-order valence-corrected chi connectivity index (χ1v) is 5.79. The van der Waals surface area contributed by atoms with E-state index >= 15 is 0 Å². The SMILES string of the molecule is CCC(C)C(N)C(=O)N1CCC(F)(F)CC1. The van der Waals surface area contributed by atoms with E-state index in [9.17, 15) is 13.6 Å². The first kappa shape index (κ1) is 13.4. The third-order valence-corrected chi connectivity index (χ3v) is 3.35. The highest BCUT2D eigenvalue weighted by atomic mass is 19.3. The zero-order valence-corrected chi connectivity index (χ0v) is 9.88. The molecule has 0 bridgehead atoms. The van der Waals surface area contributed by atoms with Crippen LogP contribution >= 0.6 is 0 Å². The van der Waals surface area contributed by atoms with Crippen LogP contribution in [-0.4, -0.2) is 35.9 Å². The summed E-state index contributed by atoms with van der Waals surface area (Å²) in [5.41, 5.74) is 5.79. The predicted molar refractivity (Wildman–Crippen MR) is 58.2 cm³/mol. The molecule has 0 aromatic carbocycles. The maximum absolute atomic E-state index is 12.9. The zero-order valence-electron chi connectivity index (χ0n) is 9.88. The van der Waals surface area contributed by atoms with Gasteiger partial charge in [0.25, 0.3) is 5.92 Å². The molecule has 0 aromatic heterocycles. The van der Waals surface area contributed by atoms with Crippen molar-refractivity contribution in [3.05, 3.63) is 0 Å². The van der Waals surface area contributed by atoms with E-state index in [2.05, 4.69) is 0 Å². The molecule has 0 spiro atoms. The molecule has 2 atom stereocenters. The number of amides is 1. The molecular weight excluding hydrogens is 214 g/mol. The average Bonchev–Trinajstić information content (AvgIpc) is 2.26. The number of piperidine rings is 1. The summed E-state index contributed by atoms with van der Waals surface area (Å²) in [6.45, 7) is 4.11. The molecule has 0 radical (unpaired) electrons. The van der Waals surface area contributed by atoms with Crippen molar-refractivity contribution in [2.75, 3.05) is 13.1 Å². The van der Waals surface area contributed by atoms with Gasteiger partial charge < -0.3 is 10.6 Å². The summed E-state index contributed by atoms with van der Waals surface area (Å²) in [5.74, 6) is -2.71. The van der Waals surface area contributed by atoms with Crippen molar-refractivity contribution < 1.29 is 13.6 Å². The Hall–Kier alpha value is -0.710. The first-order chi connectivity index (χ1) is 7.37. The second-order valence-corrected chi connectivity index (χ2v) is 4.59. The van der Waals surface area contributed by atoms with Gasteiger partial charge in [-0.2, -0.15) is 0 Å². The number of nitrogens with zero attached hydrogens (tertiary/aromatic N) is 1. The lowest BCUT2D eigenvalue weighted by atomic mass is 9.97. The van der Waals surface area contributed by atoms with Crippen molar-refractivity contribution in [1.29, 1.82) is 0 Å². The normalized spacial score (nSPS) is 23.9. The van der Waals surface area contributed by atoms with Crippen LogP contribution in [0.1, 0.15) is 33.1 Å². The molecule has 5 heteroatoms. The van der Waals surface area contributed by atoms with Crippen molar-refractivity contribution in [3.63, 3.8) is 0 Å². The Balaban J connectivity index is 2.50. The van der Waals surface area contributed by atoms with E-state index in [4.69, 9.17) is 5.73 Å². The monoisotopic (exact) mass is 234 g/mol.